The minimum atomic E-state index is -0.450. The molecule has 6 nitrogen and oxygen atoms in total. The van der Waals surface area contributed by atoms with Crippen molar-refractivity contribution < 1.29 is 9.90 Å². The maximum Gasteiger partial charge on any atom is 0.323 e. The Labute approximate surface area is 123 Å². The van der Waals surface area contributed by atoms with Crippen molar-refractivity contribution >= 4 is 22.5 Å². The standard InChI is InChI=1S/C13H22N4O2S/c1-8-5-6-17(7-9(8)18)12(19)14-11-16-15-10(20-11)13(2,3)4/h8-9,18H,5-7H2,1-4H3,(H,14,16,19). The first-order valence-electron chi connectivity index (χ1n) is 6.85. The number of carbonyl (C=O) groups excluding carboxylic acids is 1. The molecule has 2 heterocycles. The van der Waals surface area contributed by atoms with Crippen LogP contribution in [-0.2, 0) is 5.41 Å². The molecule has 2 amide bonds. The van der Waals surface area contributed by atoms with E-state index in [0.29, 0.717) is 18.2 Å². The molecule has 0 spiro atoms. The highest BCUT2D eigenvalue weighted by Crippen LogP contribution is 2.28. The lowest BCUT2D eigenvalue weighted by molar-refractivity contribution is 0.0463. The summed E-state index contributed by atoms with van der Waals surface area (Å²) >= 11 is 1.39. The topological polar surface area (TPSA) is 78.4 Å². The number of anilines is 1. The summed E-state index contributed by atoms with van der Waals surface area (Å²) in [5.41, 5.74) is -0.0720. The number of carbonyl (C=O) groups is 1. The highest BCUT2D eigenvalue weighted by atomic mass is 32.1. The Morgan fingerprint density at radius 1 is 1.45 bits per heavy atom. The van der Waals surface area contributed by atoms with Crippen molar-refractivity contribution in [2.75, 3.05) is 18.4 Å². The van der Waals surface area contributed by atoms with Crippen LogP contribution < -0.4 is 5.32 Å². The molecule has 112 valence electrons. The lowest BCUT2D eigenvalue weighted by atomic mass is 9.96. The smallest absolute Gasteiger partial charge is 0.323 e. The molecule has 2 unspecified atom stereocenters. The van der Waals surface area contributed by atoms with Gasteiger partial charge in [0.05, 0.1) is 6.10 Å². The van der Waals surface area contributed by atoms with E-state index in [4.69, 9.17) is 0 Å². The van der Waals surface area contributed by atoms with E-state index in [0.717, 1.165) is 11.4 Å². The molecule has 1 fully saturated rings. The van der Waals surface area contributed by atoms with Gasteiger partial charge in [0.25, 0.3) is 0 Å². The predicted octanol–water partition coefficient (Wildman–Crippen LogP) is 2.07. The van der Waals surface area contributed by atoms with Crippen LogP contribution in [-0.4, -0.2) is 45.4 Å². The van der Waals surface area contributed by atoms with E-state index in [2.05, 4.69) is 36.3 Å². The van der Waals surface area contributed by atoms with Crippen LogP contribution in [0, 0.1) is 5.92 Å². The molecule has 0 radical (unpaired) electrons. The van der Waals surface area contributed by atoms with E-state index in [-0.39, 0.29) is 17.4 Å². The lowest BCUT2D eigenvalue weighted by Crippen LogP contribution is -2.47. The second kappa shape index (κ2) is 5.65. The summed E-state index contributed by atoms with van der Waals surface area (Å²) in [6, 6.07) is -0.215. The molecule has 1 aliphatic heterocycles. The van der Waals surface area contributed by atoms with Crippen LogP contribution >= 0.6 is 11.3 Å². The molecule has 0 bridgehead atoms. The Kier molecular flexibility index (Phi) is 4.29. The number of amides is 2. The molecule has 2 N–H and O–H groups in total. The summed E-state index contributed by atoms with van der Waals surface area (Å²) in [6.07, 6.45) is 0.367. The van der Waals surface area contributed by atoms with Crippen molar-refractivity contribution in [2.45, 2.75) is 45.6 Å². The van der Waals surface area contributed by atoms with Crippen molar-refractivity contribution in [1.29, 1.82) is 0 Å². The van der Waals surface area contributed by atoms with Crippen LogP contribution in [0.1, 0.15) is 39.1 Å². The Bertz CT molecular complexity index is 483. The number of aromatic nitrogens is 2. The van der Waals surface area contributed by atoms with Crippen molar-refractivity contribution in [3.63, 3.8) is 0 Å². The second-order valence-corrected chi connectivity index (χ2v) is 7.35. The average Bonchev–Trinajstić information content (AvgIpc) is 2.81. The molecule has 1 aromatic rings. The van der Waals surface area contributed by atoms with Gasteiger partial charge in [0, 0.05) is 18.5 Å². The first-order valence-corrected chi connectivity index (χ1v) is 7.67. The predicted molar refractivity (Wildman–Crippen MR) is 79.0 cm³/mol. The Hall–Kier alpha value is -1.21. The summed E-state index contributed by atoms with van der Waals surface area (Å²) < 4.78 is 0. The van der Waals surface area contributed by atoms with E-state index < -0.39 is 6.10 Å². The molecule has 1 saturated heterocycles. The minimum Gasteiger partial charge on any atom is -0.391 e. The molecule has 2 atom stereocenters. The first-order chi connectivity index (χ1) is 9.27. The van der Waals surface area contributed by atoms with Crippen LogP contribution in [0.5, 0.6) is 0 Å². The summed E-state index contributed by atoms with van der Waals surface area (Å²) in [5, 5.41) is 22.1. The maximum absolute atomic E-state index is 12.1. The molecular formula is C13H22N4O2S. The number of hydrogen-bond donors (Lipinski definition) is 2. The largest absolute Gasteiger partial charge is 0.391 e. The van der Waals surface area contributed by atoms with E-state index in [1.54, 1.807) is 4.90 Å². The highest BCUT2D eigenvalue weighted by molar-refractivity contribution is 7.15. The third kappa shape index (κ3) is 3.46. The second-order valence-electron chi connectivity index (χ2n) is 6.37. The molecule has 7 heteroatoms. The summed E-state index contributed by atoms with van der Waals surface area (Å²) in [6.45, 7) is 9.21. The highest BCUT2D eigenvalue weighted by Gasteiger charge is 2.28. The molecule has 1 aromatic heterocycles. The fourth-order valence-electron chi connectivity index (χ4n) is 1.98. The monoisotopic (exact) mass is 298 g/mol. The van der Waals surface area contributed by atoms with Gasteiger partial charge < -0.3 is 10.0 Å². The number of urea groups is 1. The van der Waals surface area contributed by atoms with Crippen LogP contribution in [0.15, 0.2) is 0 Å². The number of likely N-dealkylation sites (tertiary alicyclic amines) is 1. The van der Waals surface area contributed by atoms with Crippen LogP contribution in [0.4, 0.5) is 9.93 Å². The number of aliphatic hydroxyl groups excluding tert-OH is 1. The van der Waals surface area contributed by atoms with Crippen LogP contribution in [0.25, 0.3) is 0 Å². The van der Waals surface area contributed by atoms with Crippen molar-refractivity contribution in [3.05, 3.63) is 5.01 Å². The minimum absolute atomic E-state index is 0.0720. The normalized spacial score (nSPS) is 23.8. The van der Waals surface area contributed by atoms with Gasteiger partial charge in [-0.15, -0.1) is 10.2 Å². The van der Waals surface area contributed by atoms with Gasteiger partial charge in [0.2, 0.25) is 5.13 Å². The van der Waals surface area contributed by atoms with Crippen molar-refractivity contribution in [1.82, 2.24) is 15.1 Å². The zero-order valence-electron chi connectivity index (χ0n) is 12.4. The molecule has 0 aliphatic carbocycles. The van der Waals surface area contributed by atoms with Gasteiger partial charge in [0.15, 0.2) is 0 Å². The zero-order valence-corrected chi connectivity index (χ0v) is 13.2. The van der Waals surface area contributed by atoms with Crippen LogP contribution in [0.2, 0.25) is 0 Å². The number of rotatable bonds is 1. The molecule has 2 rings (SSSR count). The average molecular weight is 298 g/mol. The number of nitrogens with one attached hydrogen (secondary N) is 1. The summed E-state index contributed by atoms with van der Waals surface area (Å²) in [4.78, 5) is 13.7. The molecule has 0 aromatic carbocycles. The SMILES string of the molecule is CC1CCN(C(=O)Nc2nnc(C(C)(C)C)s2)CC1O. The number of piperidine rings is 1. The maximum atomic E-state index is 12.1. The van der Waals surface area contributed by atoms with E-state index in [1.165, 1.54) is 11.3 Å². The number of β-amino-alcohol motifs (C(OH)–C–C–N with tert-alkyl or cyclic N) is 1. The zero-order chi connectivity index (χ0) is 14.9. The van der Waals surface area contributed by atoms with Gasteiger partial charge in [-0.3, -0.25) is 5.32 Å². The van der Waals surface area contributed by atoms with Crippen LogP contribution in [0.3, 0.4) is 0 Å². The quantitative estimate of drug-likeness (QED) is 0.832. The van der Waals surface area contributed by atoms with Gasteiger partial charge >= 0.3 is 6.03 Å². The van der Waals surface area contributed by atoms with Gasteiger partial charge in [-0.05, 0) is 12.3 Å². The molecule has 20 heavy (non-hydrogen) atoms. The number of aliphatic hydroxyl groups is 1. The van der Waals surface area contributed by atoms with E-state index in [9.17, 15) is 9.90 Å². The summed E-state index contributed by atoms with van der Waals surface area (Å²) in [5.74, 6) is 0.244. The summed E-state index contributed by atoms with van der Waals surface area (Å²) in [7, 11) is 0. The first kappa shape index (κ1) is 15.2. The lowest BCUT2D eigenvalue weighted by Gasteiger charge is -2.33. The number of hydrogen-bond acceptors (Lipinski definition) is 5. The van der Waals surface area contributed by atoms with Gasteiger partial charge in [-0.25, -0.2) is 4.79 Å². The van der Waals surface area contributed by atoms with E-state index in [1.807, 2.05) is 6.92 Å². The van der Waals surface area contributed by atoms with Gasteiger partial charge in [-0.1, -0.05) is 39.0 Å². The van der Waals surface area contributed by atoms with Crippen molar-refractivity contribution in [2.24, 2.45) is 5.92 Å². The van der Waals surface area contributed by atoms with Gasteiger partial charge in [0.1, 0.15) is 5.01 Å². The Balaban J connectivity index is 1.96. The third-order valence-corrected chi connectivity index (χ3v) is 4.75. The Morgan fingerprint density at radius 3 is 2.70 bits per heavy atom. The fraction of sp³-hybridized carbons (Fsp3) is 0.769. The van der Waals surface area contributed by atoms with E-state index >= 15 is 0 Å². The molecule has 0 saturated carbocycles. The van der Waals surface area contributed by atoms with Gasteiger partial charge in [-0.2, -0.15) is 0 Å². The number of nitrogens with zero attached hydrogens (tertiary/aromatic N) is 3. The fourth-order valence-corrected chi connectivity index (χ4v) is 2.77. The van der Waals surface area contributed by atoms with Crippen molar-refractivity contribution in [3.8, 4) is 0 Å². The molecule has 1 aliphatic rings. The third-order valence-electron chi connectivity index (χ3n) is 3.49. The molecular weight excluding hydrogens is 276 g/mol. The Morgan fingerprint density at radius 2 is 2.15 bits per heavy atom.